The van der Waals surface area contributed by atoms with Crippen molar-refractivity contribution in [3.05, 3.63) is 53.9 Å². The maximum Gasteiger partial charge on any atom is 0.250 e. The molecule has 1 aromatic carbocycles. The number of fused-ring (bicyclic) bond motifs is 1. The predicted octanol–water partition coefficient (Wildman–Crippen LogP) is 3.71. The van der Waals surface area contributed by atoms with Crippen molar-refractivity contribution in [2.24, 2.45) is 4.99 Å². The van der Waals surface area contributed by atoms with Gasteiger partial charge in [-0.1, -0.05) is 25.1 Å². The van der Waals surface area contributed by atoms with Gasteiger partial charge in [-0.2, -0.15) is 0 Å². The highest BCUT2D eigenvalue weighted by atomic mass is 16.2. The monoisotopic (exact) mass is 363 g/mol. The maximum atomic E-state index is 13.1. The Hall–Kier alpha value is -3.02. The van der Waals surface area contributed by atoms with Gasteiger partial charge in [0, 0.05) is 55.8 Å². The van der Waals surface area contributed by atoms with Gasteiger partial charge in [0.2, 0.25) is 11.9 Å². The summed E-state index contributed by atoms with van der Waals surface area (Å²) in [6.07, 6.45) is 9.54. The Bertz CT molecular complexity index is 816. The molecule has 0 saturated heterocycles. The molecule has 0 bridgehead atoms. The molecule has 140 valence electrons. The van der Waals surface area contributed by atoms with Crippen LogP contribution in [0.5, 0.6) is 0 Å². The van der Waals surface area contributed by atoms with Crippen LogP contribution in [0.4, 0.5) is 11.6 Å². The number of hydrogen-bond donors (Lipinski definition) is 1. The van der Waals surface area contributed by atoms with Crippen molar-refractivity contribution in [2.45, 2.75) is 26.2 Å². The van der Waals surface area contributed by atoms with Crippen LogP contribution >= 0.6 is 0 Å². The molecule has 0 saturated carbocycles. The van der Waals surface area contributed by atoms with Gasteiger partial charge in [0.05, 0.1) is 5.69 Å². The molecule has 0 radical (unpaired) electrons. The second-order valence-electron chi connectivity index (χ2n) is 6.39. The Kier molecular flexibility index (Phi) is 6.68. The van der Waals surface area contributed by atoms with Gasteiger partial charge in [0.25, 0.3) is 0 Å². The molecule has 0 fully saturated rings. The van der Waals surface area contributed by atoms with E-state index < -0.39 is 0 Å². The molecule has 1 aliphatic heterocycles. The van der Waals surface area contributed by atoms with Crippen LogP contribution in [0.15, 0.2) is 53.3 Å². The van der Waals surface area contributed by atoms with Crippen molar-refractivity contribution in [1.82, 2.24) is 14.9 Å². The number of amides is 1. The summed E-state index contributed by atoms with van der Waals surface area (Å²) in [7, 11) is 0. The molecular formula is C21H25N5O. The van der Waals surface area contributed by atoms with E-state index >= 15 is 0 Å². The van der Waals surface area contributed by atoms with Crippen LogP contribution in [0.1, 0.15) is 31.7 Å². The smallest absolute Gasteiger partial charge is 0.250 e. The molecule has 6 nitrogen and oxygen atoms in total. The lowest BCUT2D eigenvalue weighted by Gasteiger charge is -2.23. The predicted molar refractivity (Wildman–Crippen MR) is 109 cm³/mol. The van der Waals surface area contributed by atoms with Crippen molar-refractivity contribution in [3.8, 4) is 0 Å². The van der Waals surface area contributed by atoms with Gasteiger partial charge >= 0.3 is 0 Å². The molecule has 2 heterocycles. The van der Waals surface area contributed by atoms with E-state index in [1.54, 1.807) is 18.5 Å². The van der Waals surface area contributed by atoms with E-state index in [2.05, 4.69) is 27.2 Å². The zero-order chi connectivity index (χ0) is 18.9. The quantitative estimate of drug-likeness (QED) is 0.726. The topological polar surface area (TPSA) is 70.5 Å². The van der Waals surface area contributed by atoms with Crippen LogP contribution < -0.4 is 5.32 Å². The summed E-state index contributed by atoms with van der Waals surface area (Å²) >= 11 is 0. The minimum absolute atomic E-state index is 0.0935. The average Bonchev–Trinajstić information content (AvgIpc) is 2.93. The minimum Gasteiger partial charge on any atom is -0.354 e. The summed E-state index contributed by atoms with van der Waals surface area (Å²) in [6, 6.07) is 9.69. The van der Waals surface area contributed by atoms with E-state index in [0.717, 1.165) is 42.8 Å². The number of carbonyl (C=O) groups is 1. The van der Waals surface area contributed by atoms with E-state index in [-0.39, 0.29) is 5.91 Å². The number of nitrogens with one attached hydrogen (secondary N) is 1. The number of nitrogens with zero attached hydrogens (tertiary/aromatic N) is 4. The summed E-state index contributed by atoms with van der Waals surface area (Å²) in [5.74, 6) is 0.709. The minimum atomic E-state index is 0.0935. The van der Waals surface area contributed by atoms with E-state index in [1.807, 2.05) is 41.5 Å². The highest BCUT2D eigenvalue weighted by Crippen LogP contribution is 2.25. The Morgan fingerprint density at radius 2 is 1.96 bits per heavy atom. The zero-order valence-corrected chi connectivity index (χ0v) is 15.6. The lowest BCUT2D eigenvalue weighted by molar-refractivity contribution is -0.127. The van der Waals surface area contributed by atoms with Crippen LogP contribution in [0.25, 0.3) is 6.08 Å². The van der Waals surface area contributed by atoms with E-state index in [4.69, 9.17) is 0 Å². The molecule has 0 atom stereocenters. The van der Waals surface area contributed by atoms with Gasteiger partial charge in [-0.25, -0.2) is 9.97 Å². The summed E-state index contributed by atoms with van der Waals surface area (Å²) in [4.78, 5) is 27.8. The molecule has 1 aliphatic rings. The van der Waals surface area contributed by atoms with Crippen molar-refractivity contribution < 1.29 is 4.79 Å². The van der Waals surface area contributed by atoms with Crippen LogP contribution in [-0.2, 0) is 4.79 Å². The molecule has 0 spiro atoms. The molecule has 1 aromatic heterocycles. The van der Waals surface area contributed by atoms with E-state index in [1.165, 1.54) is 0 Å². The summed E-state index contributed by atoms with van der Waals surface area (Å²) in [6.45, 7) is 4.26. The number of aromatic nitrogens is 2. The highest BCUT2D eigenvalue weighted by molar-refractivity contribution is 6.02. The molecule has 6 heteroatoms. The fraction of sp³-hybridized carbons (Fsp3) is 0.333. The number of benzene rings is 1. The van der Waals surface area contributed by atoms with Crippen molar-refractivity contribution in [2.75, 3.05) is 25.0 Å². The Balaban J connectivity index is 1.61. The standard InChI is InChI=1S/C21H25N5O/c1-2-14-26(15-6-12-25-21-23-10-5-11-24-21)20(27)18-9-13-22-19-8-4-3-7-17(19)16-18/h3-5,7-8,10-11,13,16H,2,6,9,12,14-15H2,1H3,(H,23,24,25). The lowest BCUT2D eigenvalue weighted by atomic mass is 10.1. The molecule has 1 N–H and O–H groups in total. The van der Waals surface area contributed by atoms with Crippen LogP contribution in [0, 0.1) is 0 Å². The first-order valence-electron chi connectivity index (χ1n) is 9.40. The second-order valence-corrected chi connectivity index (χ2v) is 6.39. The Morgan fingerprint density at radius 1 is 1.15 bits per heavy atom. The van der Waals surface area contributed by atoms with E-state index in [0.29, 0.717) is 18.9 Å². The lowest BCUT2D eigenvalue weighted by Crippen LogP contribution is -2.34. The number of anilines is 1. The summed E-state index contributed by atoms with van der Waals surface area (Å²) < 4.78 is 0. The first-order valence-corrected chi connectivity index (χ1v) is 9.40. The molecule has 2 aromatic rings. The zero-order valence-electron chi connectivity index (χ0n) is 15.6. The second kappa shape index (κ2) is 9.62. The fourth-order valence-corrected chi connectivity index (χ4v) is 3.01. The summed E-state index contributed by atoms with van der Waals surface area (Å²) in [5.41, 5.74) is 2.69. The van der Waals surface area contributed by atoms with Crippen molar-refractivity contribution >= 4 is 29.8 Å². The van der Waals surface area contributed by atoms with Crippen LogP contribution in [0.3, 0.4) is 0 Å². The normalized spacial score (nSPS) is 12.7. The fourth-order valence-electron chi connectivity index (χ4n) is 3.01. The van der Waals surface area contributed by atoms with Gasteiger partial charge in [-0.05, 0) is 31.1 Å². The van der Waals surface area contributed by atoms with Crippen LogP contribution in [-0.4, -0.2) is 46.6 Å². The van der Waals surface area contributed by atoms with Gasteiger partial charge in [0.15, 0.2) is 0 Å². The molecular weight excluding hydrogens is 338 g/mol. The molecule has 27 heavy (non-hydrogen) atoms. The van der Waals surface area contributed by atoms with E-state index in [9.17, 15) is 4.79 Å². The summed E-state index contributed by atoms with van der Waals surface area (Å²) in [5, 5.41) is 3.19. The largest absolute Gasteiger partial charge is 0.354 e. The third-order valence-corrected chi connectivity index (χ3v) is 4.32. The average molecular weight is 363 g/mol. The molecule has 3 rings (SSSR count). The van der Waals surface area contributed by atoms with Gasteiger partial charge in [0.1, 0.15) is 0 Å². The third kappa shape index (κ3) is 5.23. The Labute approximate surface area is 160 Å². The van der Waals surface area contributed by atoms with Crippen molar-refractivity contribution in [1.29, 1.82) is 0 Å². The van der Waals surface area contributed by atoms with Gasteiger partial charge in [-0.3, -0.25) is 9.79 Å². The Morgan fingerprint density at radius 3 is 2.78 bits per heavy atom. The van der Waals surface area contributed by atoms with Gasteiger partial charge < -0.3 is 10.2 Å². The van der Waals surface area contributed by atoms with Crippen LogP contribution in [0.2, 0.25) is 0 Å². The third-order valence-electron chi connectivity index (χ3n) is 4.32. The number of para-hydroxylation sites is 1. The molecule has 0 unspecified atom stereocenters. The highest BCUT2D eigenvalue weighted by Gasteiger charge is 2.18. The number of carbonyl (C=O) groups excluding carboxylic acids is 1. The molecule has 1 amide bonds. The number of hydrogen-bond acceptors (Lipinski definition) is 5. The SMILES string of the molecule is CCCN(CCCNc1ncccn1)C(=O)C1=Cc2ccccc2N=CC1. The first kappa shape index (κ1) is 18.8. The number of rotatable bonds is 8. The van der Waals surface area contributed by atoms with Gasteiger partial charge in [-0.15, -0.1) is 0 Å². The molecule has 0 aliphatic carbocycles. The van der Waals surface area contributed by atoms with Crippen molar-refractivity contribution in [3.63, 3.8) is 0 Å². The number of aliphatic imine (C=N–C) groups is 1. The maximum absolute atomic E-state index is 13.1. The first-order chi connectivity index (χ1) is 13.3.